The van der Waals surface area contributed by atoms with Crippen molar-refractivity contribution in [3.05, 3.63) is 53.6 Å². The van der Waals surface area contributed by atoms with E-state index in [2.05, 4.69) is 61.4 Å². The molecular weight excluding hydrogens is 382 g/mol. The van der Waals surface area contributed by atoms with Gasteiger partial charge >= 0.3 is 0 Å². The second-order valence-corrected chi connectivity index (χ2v) is 8.65. The Kier molecular flexibility index (Phi) is 7.49. The van der Waals surface area contributed by atoms with Gasteiger partial charge < -0.3 is 14.3 Å². The monoisotopic (exact) mass is 415 g/mol. The van der Waals surface area contributed by atoms with E-state index in [9.17, 15) is 0 Å². The fourth-order valence-electron chi connectivity index (χ4n) is 4.34. The van der Waals surface area contributed by atoms with Gasteiger partial charge in [0.2, 0.25) is 0 Å². The SMILES string of the molecule is CCCC[C@@]1(CC)[C@@H](c2ccccc2)Sc2cc(OC)c(OC)cc2CN1OC. The lowest BCUT2D eigenvalue weighted by molar-refractivity contribution is -0.215. The van der Waals surface area contributed by atoms with Crippen LogP contribution < -0.4 is 9.47 Å². The summed E-state index contributed by atoms with van der Waals surface area (Å²) in [5.41, 5.74) is 2.44. The molecule has 3 rings (SSSR count). The van der Waals surface area contributed by atoms with Crippen molar-refractivity contribution < 1.29 is 14.3 Å². The zero-order valence-electron chi connectivity index (χ0n) is 18.2. The second-order valence-electron chi connectivity index (χ2n) is 7.50. The molecule has 5 heteroatoms. The molecule has 0 amide bonds. The number of benzene rings is 2. The van der Waals surface area contributed by atoms with E-state index in [-0.39, 0.29) is 10.8 Å². The van der Waals surface area contributed by atoms with Gasteiger partial charge in [-0.05, 0) is 36.1 Å². The maximum Gasteiger partial charge on any atom is 0.161 e. The van der Waals surface area contributed by atoms with E-state index >= 15 is 0 Å². The van der Waals surface area contributed by atoms with E-state index in [4.69, 9.17) is 14.3 Å². The average molecular weight is 416 g/mol. The predicted octanol–water partition coefficient (Wildman–Crippen LogP) is 6.25. The molecule has 0 N–H and O–H groups in total. The maximum atomic E-state index is 6.06. The molecule has 0 saturated carbocycles. The lowest BCUT2D eigenvalue weighted by atomic mass is 9.82. The molecule has 1 aliphatic rings. The van der Waals surface area contributed by atoms with Gasteiger partial charge in [0.1, 0.15) is 0 Å². The number of nitrogens with zero attached hydrogens (tertiary/aromatic N) is 1. The quantitative estimate of drug-likeness (QED) is 0.508. The Morgan fingerprint density at radius 3 is 2.31 bits per heavy atom. The minimum absolute atomic E-state index is 0.101. The molecule has 0 unspecified atom stereocenters. The van der Waals surface area contributed by atoms with Crippen LogP contribution in [0.3, 0.4) is 0 Å². The van der Waals surface area contributed by atoms with Crippen LogP contribution in [0.15, 0.2) is 47.4 Å². The minimum Gasteiger partial charge on any atom is -0.493 e. The summed E-state index contributed by atoms with van der Waals surface area (Å²) in [6, 6.07) is 15.1. The first-order valence-corrected chi connectivity index (χ1v) is 11.3. The van der Waals surface area contributed by atoms with E-state index in [0.29, 0.717) is 0 Å². The van der Waals surface area contributed by atoms with E-state index in [1.165, 1.54) is 28.9 Å². The lowest BCUT2D eigenvalue weighted by Crippen LogP contribution is -2.50. The summed E-state index contributed by atoms with van der Waals surface area (Å²) in [5, 5.41) is 2.46. The summed E-state index contributed by atoms with van der Waals surface area (Å²) in [5.74, 6) is 1.53. The van der Waals surface area contributed by atoms with Gasteiger partial charge in [0, 0.05) is 4.90 Å². The highest BCUT2D eigenvalue weighted by Gasteiger charge is 2.46. The Labute approximate surface area is 179 Å². The van der Waals surface area contributed by atoms with Crippen LogP contribution in [-0.2, 0) is 11.4 Å². The Bertz CT molecular complexity index is 798. The van der Waals surface area contributed by atoms with Crippen molar-refractivity contribution in [2.45, 2.75) is 61.8 Å². The zero-order valence-corrected chi connectivity index (χ0v) is 19.1. The summed E-state index contributed by atoms with van der Waals surface area (Å²) >= 11 is 1.92. The molecule has 0 spiro atoms. The number of unbranched alkanes of at least 4 members (excludes halogenated alkanes) is 1. The zero-order chi connectivity index (χ0) is 20.9. The molecule has 29 heavy (non-hydrogen) atoms. The molecule has 0 saturated heterocycles. The van der Waals surface area contributed by atoms with Crippen molar-refractivity contribution in [1.82, 2.24) is 5.06 Å². The standard InChI is InChI=1S/C24H33NO3S/c1-6-8-14-24(7-2)23(18-12-10-9-11-13-18)29-22-16-21(27-4)20(26-3)15-19(22)17-25(24)28-5/h9-13,15-16,23H,6-8,14,17H2,1-5H3/t23-,24+/m1/s1. The van der Waals surface area contributed by atoms with Crippen molar-refractivity contribution in [2.24, 2.45) is 0 Å². The van der Waals surface area contributed by atoms with Crippen LogP contribution in [0.4, 0.5) is 0 Å². The van der Waals surface area contributed by atoms with Crippen LogP contribution in [0.25, 0.3) is 0 Å². The summed E-state index contributed by atoms with van der Waals surface area (Å²) in [6.07, 6.45) is 4.43. The molecule has 2 atom stereocenters. The first-order chi connectivity index (χ1) is 14.1. The van der Waals surface area contributed by atoms with Crippen molar-refractivity contribution in [3.8, 4) is 11.5 Å². The number of hydrogen-bond acceptors (Lipinski definition) is 5. The molecule has 2 aromatic rings. The van der Waals surface area contributed by atoms with Gasteiger partial charge in [0.05, 0.1) is 38.7 Å². The topological polar surface area (TPSA) is 30.9 Å². The second kappa shape index (κ2) is 9.88. The number of hydrogen-bond donors (Lipinski definition) is 0. The molecule has 0 aromatic heterocycles. The molecule has 0 radical (unpaired) electrons. The minimum atomic E-state index is -0.101. The van der Waals surface area contributed by atoms with Crippen LogP contribution in [0.5, 0.6) is 11.5 Å². The number of fused-ring (bicyclic) bond motifs is 1. The molecule has 1 aliphatic heterocycles. The van der Waals surface area contributed by atoms with Crippen molar-refractivity contribution in [1.29, 1.82) is 0 Å². The summed E-state index contributed by atoms with van der Waals surface area (Å²) < 4.78 is 11.2. The van der Waals surface area contributed by atoms with Gasteiger partial charge in [-0.3, -0.25) is 0 Å². The van der Waals surface area contributed by atoms with Crippen LogP contribution >= 0.6 is 11.8 Å². The molecule has 2 aromatic carbocycles. The molecule has 158 valence electrons. The Morgan fingerprint density at radius 2 is 1.72 bits per heavy atom. The van der Waals surface area contributed by atoms with Gasteiger partial charge in [0.25, 0.3) is 0 Å². The highest BCUT2D eigenvalue weighted by Crippen LogP contribution is 2.54. The van der Waals surface area contributed by atoms with E-state index in [1.54, 1.807) is 21.3 Å². The average Bonchev–Trinajstić information content (AvgIpc) is 2.91. The van der Waals surface area contributed by atoms with Crippen LogP contribution in [0.1, 0.15) is 55.9 Å². The molecule has 0 aliphatic carbocycles. The number of hydroxylamine groups is 2. The highest BCUT2D eigenvalue weighted by molar-refractivity contribution is 7.99. The first-order valence-electron chi connectivity index (χ1n) is 10.4. The Balaban J connectivity index is 2.18. The first kappa shape index (κ1) is 22.0. The maximum absolute atomic E-state index is 6.06. The summed E-state index contributed by atoms with van der Waals surface area (Å²) in [7, 11) is 5.18. The fraction of sp³-hybridized carbons (Fsp3) is 0.500. The van der Waals surface area contributed by atoms with Gasteiger partial charge in [-0.15, -0.1) is 11.8 Å². The summed E-state index contributed by atoms with van der Waals surface area (Å²) in [4.78, 5) is 7.29. The molecule has 0 fully saturated rings. The lowest BCUT2D eigenvalue weighted by Gasteiger charge is -2.45. The van der Waals surface area contributed by atoms with Gasteiger partial charge in [-0.1, -0.05) is 57.0 Å². The molecule has 0 bridgehead atoms. The molecule has 4 nitrogen and oxygen atoms in total. The smallest absolute Gasteiger partial charge is 0.161 e. The highest BCUT2D eigenvalue weighted by atomic mass is 32.2. The number of rotatable bonds is 8. The fourth-order valence-corrected chi connectivity index (χ4v) is 5.96. The molecular formula is C24H33NO3S. The van der Waals surface area contributed by atoms with E-state index in [1.807, 2.05) is 11.8 Å². The largest absolute Gasteiger partial charge is 0.493 e. The van der Waals surface area contributed by atoms with Crippen LogP contribution in [-0.4, -0.2) is 31.9 Å². The third-order valence-corrected chi connectivity index (χ3v) is 7.59. The van der Waals surface area contributed by atoms with Gasteiger partial charge in [0.15, 0.2) is 11.5 Å². The normalized spacial score (nSPS) is 22.0. The van der Waals surface area contributed by atoms with Crippen LogP contribution in [0, 0.1) is 0 Å². The third kappa shape index (κ3) is 4.27. The van der Waals surface area contributed by atoms with Gasteiger partial charge in [-0.2, -0.15) is 5.06 Å². The van der Waals surface area contributed by atoms with E-state index in [0.717, 1.165) is 30.9 Å². The predicted molar refractivity (Wildman–Crippen MR) is 120 cm³/mol. The third-order valence-electron chi connectivity index (χ3n) is 6.01. The number of ether oxygens (including phenoxy) is 2. The van der Waals surface area contributed by atoms with Crippen molar-refractivity contribution in [2.75, 3.05) is 21.3 Å². The Morgan fingerprint density at radius 1 is 1.03 bits per heavy atom. The van der Waals surface area contributed by atoms with Crippen molar-refractivity contribution >= 4 is 11.8 Å². The molecule has 1 heterocycles. The number of thioether (sulfide) groups is 1. The van der Waals surface area contributed by atoms with E-state index < -0.39 is 0 Å². The summed E-state index contributed by atoms with van der Waals surface area (Å²) in [6.45, 7) is 5.27. The van der Waals surface area contributed by atoms with Gasteiger partial charge in [-0.25, -0.2) is 0 Å². The van der Waals surface area contributed by atoms with Crippen LogP contribution in [0.2, 0.25) is 0 Å². The van der Waals surface area contributed by atoms with Crippen molar-refractivity contribution in [3.63, 3.8) is 0 Å². The number of methoxy groups -OCH3 is 2. The Hall–Kier alpha value is -1.69.